The van der Waals surface area contributed by atoms with Crippen LogP contribution in [0.1, 0.15) is 47.9 Å². The van der Waals surface area contributed by atoms with Crippen LogP contribution in [0.15, 0.2) is 60.7 Å². The third-order valence-electron chi connectivity index (χ3n) is 6.79. The van der Waals surface area contributed by atoms with Crippen LogP contribution < -0.4 is 14.2 Å². The van der Waals surface area contributed by atoms with Gasteiger partial charge in [0.05, 0.1) is 14.2 Å². The summed E-state index contributed by atoms with van der Waals surface area (Å²) >= 11 is 0. The number of ether oxygens (including phenoxy) is 3. The molecule has 2 heterocycles. The number of methoxy groups -OCH3 is 2. The molecule has 0 aliphatic carbocycles. The molecule has 0 radical (unpaired) electrons. The summed E-state index contributed by atoms with van der Waals surface area (Å²) in [6.45, 7) is 0. The van der Waals surface area contributed by atoms with Crippen molar-refractivity contribution >= 4 is 17.8 Å². The predicted octanol–water partition coefficient (Wildman–Crippen LogP) is 4.02. The van der Waals surface area contributed by atoms with E-state index >= 15 is 0 Å². The molecule has 9 heteroatoms. The molecule has 1 unspecified atom stereocenters. The van der Waals surface area contributed by atoms with Crippen molar-refractivity contribution in [3.8, 4) is 23.0 Å². The number of hydroxylamine groups is 2. The van der Waals surface area contributed by atoms with Gasteiger partial charge in [-0.2, -0.15) is 0 Å². The summed E-state index contributed by atoms with van der Waals surface area (Å²) in [4.78, 5) is 40.4. The highest BCUT2D eigenvalue weighted by atomic mass is 16.7. The topological polar surface area (TPSA) is 112 Å². The van der Waals surface area contributed by atoms with Gasteiger partial charge in [-0.3, -0.25) is 9.59 Å². The molecule has 2 amide bonds. The second-order valence-corrected chi connectivity index (χ2v) is 9.13. The normalized spacial score (nSPS) is 17.9. The zero-order valence-electron chi connectivity index (χ0n) is 21.1. The first-order chi connectivity index (χ1) is 18.3. The Kier molecular flexibility index (Phi) is 6.77. The fourth-order valence-corrected chi connectivity index (χ4v) is 4.77. The molecule has 0 saturated carbocycles. The quantitative estimate of drug-likeness (QED) is 0.446. The maximum atomic E-state index is 12.2. The van der Waals surface area contributed by atoms with Crippen molar-refractivity contribution in [2.24, 2.45) is 0 Å². The fourth-order valence-electron chi connectivity index (χ4n) is 4.77. The zero-order valence-corrected chi connectivity index (χ0v) is 21.1. The summed E-state index contributed by atoms with van der Waals surface area (Å²) in [6.07, 6.45) is 1.09. The van der Waals surface area contributed by atoms with Gasteiger partial charge >= 0.3 is 5.97 Å². The van der Waals surface area contributed by atoms with E-state index in [0.29, 0.717) is 57.6 Å². The number of amides is 2. The van der Waals surface area contributed by atoms with E-state index in [1.165, 1.54) is 0 Å². The van der Waals surface area contributed by atoms with E-state index in [4.69, 9.17) is 19.0 Å². The van der Waals surface area contributed by atoms with E-state index in [9.17, 15) is 19.5 Å². The van der Waals surface area contributed by atoms with E-state index in [1.54, 1.807) is 44.6 Å². The molecular formula is C29H27NO8. The van der Waals surface area contributed by atoms with Crippen LogP contribution in [-0.4, -0.2) is 42.2 Å². The summed E-state index contributed by atoms with van der Waals surface area (Å²) in [7, 11) is 3.15. The number of aryl methyl sites for hydroxylation is 1. The van der Waals surface area contributed by atoms with E-state index in [1.807, 2.05) is 30.3 Å². The van der Waals surface area contributed by atoms with Crippen LogP contribution >= 0.6 is 0 Å². The lowest BCUT2D eigenvalue weighted by Crippen LogP contribution is -2.32. The third-order valence-corrected chi connectivity index (χ3v) is 6.79. The lowest BCUT2D eigenvalue weighted by atomic mass is 9.77. The maximum absolute atomic E-state index is 12.2. The minimum atomic E-state index is -1.49. The summed E-state index contributed by atoms with van der Waals surface area (Å²) in [5, 5.41) is 12.8. The van der Waals surface area contributed by atoms with Gasteiger partial charge in [0.2, 0.25) is 0 Å². The number of hydrogen-bond donors (Lipinski definition) is 1. The molecule has 3 aromatic rings. The number of benzene rings is 3. The molecule has 0 spiro atoms. The molecule has 0 bridgehead atoms. The average Bonchev–Trinajstić information content (AvgIpc) is 3.24. The second kappa shape index (κ2) is 10.2. The summed E-state index contributed by atoms with van der Waals surface area (Å²) < 4.78 is 16.9. The molecule has 2 aliphatic rings. The molecule has 1 N–H and O–H groups in total. The molecule has 38 heavy (non-hydrogen) atoms. The van der Waals surface area contributed by atoms with Crippen LogP contribution in [0.25, 0.3) is 0 Å². The Morgan fingerprint density at radius 2 is 1.50 bits per heavy atom. The summed E-state index contributed by atoms with van der Waals surface area (Å²) in [5.74, 6) is 0.569. The average molecular weight is 518 g/mol. The summed E-state index contributed by atoms with van der Waals surface area (Å²) in [6, 6.07) is 18.1. The standard InChI is InChI=1S/C29H27NO8/c1-35-20-9-7-19(8-10-20)29(34)22-12-6-18(4-3-5-28(33)38-30-26(31)14-15-27(30)32)16-24(22)37-25-17-21(36-2)11-13-23(25)29/h6-13,16-17,34H,3-5,14-15H2,1-2H3. The first-order valence-corrected chi connectivity index (χ1v) is 12.3. The highest BCUT2D eigenvalue weighted by Gasteiger charge is 2.42. The molecule has 196 valence electrons. The Morgan fingerprint density at radius 1 is 0.895 bits per heavy atom. The monoisotopic (exact) mass is 517 g/mol. The predicted molar refractivity (Wildman–Crippen MR) is 135 cm³/mol. The van der Waals surface area contributed by atoms with Gasteiger partial charge in [-0.05, 0) is 54.3 Å². The maximum Gasteiger partial charge on any atom is 0.333 e. The fraction of sp³-hybridized carbons (Fsp3) is 0.276. The smallest absolute Gasteiger partial charge is 0.333 e. The molecule has 1 saturated heterocycles. The van der Waals surface area contributed by atoms with Gasteiger partial charge in [0.15, 0.2) is 0 Å². The van der Waals surface area contributed by atoms with E-state index in [0.717, 1.165) is 5.56 Å². The first-order valence-electron chi connectivity index (χ1n) is 12.3. The lowest BCUT2D eigenvalue weighted by molar-refractivity contribution is -0.197. The Labute approximate surface area is 219 Å². The third kappa shape index (κ3) is 4.56. The molecule has 1 fully saturated rings. The summed E-state index contributed by atoms with van der Waals surface area (Å²) in [5.41, 5.74) is 1.20. The SMILES string of the molecule is COc1ccc(C2(O)c3ccc(CCCC(=O)ON4C(=O)CCC4=O)cc3Oc3cc(OC)ccc32)cc1. The van der Waals surface area contributed by atoms with E-state index in [-0.39, 0.29) is 19.3 Å². The number of carbonyl (C=O) groups is 3. The van der Waals surface area contributed by atoms with Crippen molar-refractivity contribution in [3.05, 3.63) is 82.9 Å². The van der Waals surface area contributed by atoms with Gasteiger partial charge in [-0.1, -0.05) is 24.3 Å². The van der Waals surface area contributed by atoms with Gasteiger partial charge < -0.3 is 24.2 Å². The van der Waals surface area contributed by atoms with Crippen LogP contribution in [0.5, 0.6) is 23.0 Å². The molecule has 2 aliphatic heterocycles. The van der Waals surface area contributed by atoms with Crippen molar-refractivity contribution in [3.63, 3.8) is 0 Å². The molecule has 0 aromatic heterocycles. The Morgan fingerprint density at radius 3 is 2.16 bits per heavy atom. The number of hydrogen-bond acceptors (Lipinski definition) is 8. The van der Waals surface area contributed by atoms with Crippen LogP contribution in [0, 0.1) is 0 Å². The minimum Gasteiger partial charge on any atom is -0.497 e. The van der Waals surface area contributed by atoms with Gasteiger partial charge in [-0.25, -0.2) is 4.79 Å². The Bertz CT molecular complexity index is 1380. The molecule has 3 aromatic carbocycles. The van der Waals surface area contributed by atoms with Crippen molar-refractivity contribution < 1.29 is 38.5 Å². The number of imide groups is 1. The van der Waals surface area contributed by atoms with Crippen LogP contribution in [0.3, 0.4) is 0 Å². The van der Waals surface area contributed by atoms with Crippen molar-refractivity contribution in [2.45, 2.75) is 37.7 Å². The van der Waals surface area contributed by atoms with Gasteiger partial charge in [0.1, 0.15) is 28.6 Å². The highest BCUT2D eigenvalue weighted by molar-refractivity contribution is 6.01. The van der Waals surface area contributed by atoms with Crippen LogP contribution in [0.4, 0.5) is 0 Å². The van der Waals surface area contributed by atoms with Crippen LogP contribution in [0.2, 0.25) is 0 Å². The van der Waals surface area contributed by atoms with Crippen molar-refractivity contribution in [1.29, 1.82) is 0 Å². The number of rotatable bonds is 8. The Hall–Kier alpha value is -4.37. The lowest BCUT2D eigenvalue weighted by Gasteiger charge is -2.37. The number of nitrogens with zero attached hydrogens (tertiary/aromatic N) is 1. The van der Waals surface area contributed by atoms with Gasteiger partial charge in [0.25, 0.3) is 11.8 Å². The molecule has 5 rings (SSSR count). The van der Waals surface area contributed by atoms with E-state index in [2.05, 4.69) is 0 Å². The first kappa shape index (κ1) is 25.3. The largest absolute Gasteiger partial charge is 0.497 e. The van der Waals surface area contributed by atoms with Gasteiger partial charge in [-0.15, -0.1) is 5.06 Å². The minimum absolute atomic E-state index is 0.0326. The Balaban J connectivity index is 1.38. The van der Waals surface area contributed by atoms with Gasteiger partial charge in [0, 0.05) is 36.5 Å². The number of carbonyl (C=O) groups excluding carboxylic acids is 3. The zero-order chi connectivity index (χ0) is 26.9. The molecule has 1 atom stereocenters. The molecule has 9 nitrogen and oxygen atoms in total. The van der Waals surface area contributed by atoms with Crippen molar-refractivity contribution in [1.82, 2.24) is 5.06 Å². The number of aliphatic hydroxyl groups is 1. The van der Waals surface area contributed by atoms with E-state index < -0.39 is 23.4 Å². The van der Waals surface area contributed by atoms with Crippen molar-refractivity contribution in [2.75, 3.05) is 14.2 Å². The highest BCUT2D eigenvalue weighted by Crippen LogP contribution is 2.51. The van der Waals surface area contributed by atoms with Crippen LogP contribution in [-0.2, 0) is 31.2 Å². The second-order valence-electron chi connectivity index (χ2n) is 9.13. The molecular weight excluding hydrogens is 490 g/mol. The number of fused-ring (bicyclic) bond motifs is 2.